The van der Waals surface area contributed by atoms with Crippen LogP contribution in [0.3, 0.4) is 0 Å². The van der Waals surface area contributed by atoms with Gasteiger partial charge >= 0.3 is 0 Å². The molecule has 0 amide bonds. The fourth-order valence-corrected chi connectivity index (χ4v) is 2.34. The van der Waals surface area contributed by atoms with Gasteiger partial charge in [0.1, 0.15) is 0 Å². The predicted octanol–water partition coefficient (Wildman–Crippen LogP) is 2.10. The summed E-state index contributed by atoms with van der Waals surface area (Å²) in [7, 11) is 1.92. The zero-order chi connectivity index (χ0) is 13.6. The second-order valence-corrected chi connectivity index (χ2v) is 6.21. The number of rotatable bonds is 8. The third-order valence-corrected chi connectivity index (χ3v) is 3.50. The Morgan fingerprint density at radius 2 is 1.71 bits per heavy atom. The highest BCUT2D eigenvalue weighted by Gasteiger charge is 2.28. The first-order chi connectivity index (χ1) is 7.75. The van der Waals surface area contributed by atoms with Crippen LogP contribution in [0.5, 0.6) is 0 Å². The Hall–Kier alpha value is -0.120. The number of nitrogens with one attached hydrogen (secondary N) is 1. The summed E-state index contributed by atoms with van der Waals surface area (Å²) >= 11 is 0. The van der Waals surface area contributed by atoms with E-state index in [0.717, 1.165) is 13.0 Å². The number of likely N-dealkylation sites (N-methyl/N-ethyl adjacent to an activating group) is 1. The van der Waals surface area contributed by atoms with Gasteiger partial charge in [-0.05, 0) is 47.1 Å². The summed E-state index contributed by atoms with van der Waals surface area (Å²) in [5, 5.41) is 12.7. The van der Waals surface area contributed by atoms with Gasteiger partial charge in [-0.1, -0.05) is 13.8 Å². The molecule has 104 valence electrons. The molecule has 0 rings (SSSR count). The van der Waals surface area contributed by atoms with Crippen molar-refractivity contribution < 1.29 is 5.11 Å². The molecule has 0 fully saturated rings. The third kappa shape index (κ3) is 5.84. The quantitative estimate of drug-likeness (QED) is 0.686. The van der Waals surface area contributed by atoms with Gasteiger partial charge < -0.3 is 10.4 Å². The summed E-state index contributed by atoms with van der Waals surface area (Å²) < 4.78 is 0. The molecule has 0 aromatic carbocycles. The summed E-state index contributed by atoms with van der Waals surface area (Å²) in [4.78, 5) is 2.52. The van der Waals surface area contributed by atoms with Crippen molar-refractivity contribution in [1.29, 1.82) is 0 Å². The molecule has 0 spiro atoms. The Morgan fingerprint density at radius 3 is 2.00 bits per heavy atom. The highest BCUT2D eigenvalue weighted by molar-refractivity contribution is 4.87. The van der Waals surface area contributed by atoms with Crippen LogP contribution in [0.15, 0.2) is 0 Å². The number of aliphatic hydroxyl groups excluding tert-OH is 1. The Kier molecular flexibility index (Phi) is 7.29. The first kappa shape index (κ1) is 16.9. The highest BCUT2D eigenvalue weighted by atomic mass is 16.3. The SMILES string of the molecule is CNC(C)(CO)CC(C)N(CC(C)C)C(C)C. The molecular weight excluding hydrogens is 212 g/mol. The van der Waals surface area contributed by atoms with E-state index in [-0.39, 0.29) is 12.1 Å². The maximum atomic E-state index is 9.46. The lowest BCUT2D eigenvalue weighted by Gasteiger charge is -2.39. The van der Waals surface area contributed by atoms with E-state index >= 15 is 0 Å². The van der Waals surface area contributed by atoms with Gasteiger partial charge in [0.15, 0.2) is 0 Å². The lowest BCUT2D eigenvalue weighted by atomic mass is 9.93. The van der Waals surface area contributed by atoms with Crippen LogP contribution in [-0.2, 0) is 0 Å². The van der Waals surface area contributed by atoms with Crippen LogP contribution >= 0.6 is 0 Å². The minimum Gasteiger partial charge on any atom is -0.394 e. The van der Waals surface area contributed by atoms with E-state index in [1.165, 1.54) is 0 Å². The van der Waals surface area contributed by atoms with Crippen molar-refractivity contribution in [1.82, 2.24) is 10.2 Å². The molecule has 2 N–H and O–H groups in total. The molecule has 0 aliphatic heterocycles. The van der Waals surface area contributed by atoms with E-state index in [1.807, 2.05) is 7.05 Å². The maximum Gasteiger partial charge on any atom is 0.0611 e. The van der Waals surface area contributed by atoms with Gasteiger partial charge in [-0.25, -0.2) is 0 Å². The van der Waals surface area contributed by atoms with Gasteiger partial charge in [-0.15, -0.1) is 0 Å². The molecule has 0 heterocycles. The Labute approximate surface area is 108 Å². The zero-order valence-corrected chi connectivity index (χ0v) is 12.7. The molecule has 17 heavy (non-hydrogen) atoms. The fraction of sp³-hybridized carbons (Fsp3) is 1.00. The fourth-order valence-electron chi connectivity index (χ4n) is 2.34. The van der Waals surface area contributed by atoms with E-state index in [0.29, 0.717) is 18.0 Å². The Bertz CT molecular complexity index is 200. The topological polar surface area (TPSA) is 35.5 Å². The van der Waals surface area contributed by atoms with Crippen LogP contribution in [0.1, 0.15) is 48.0 Å². The smallest absolute Gasteiger partial charge is 0.0611 e. The first-order valence-corrected chi connectivity index (χ1v) is 6.81. The molecule has 0 aromatic heterocycles. The summed E-state index contributed by atoms with van der Waals surface area (Å²) in [5.41, 5.74) is -0.177. The Balaban J connectivity index is 4.56. The molecule has 0 aliphatic carbocycles. The predicted molar refractivity (Wildman–Crippen MR) is 75.3 cm³/mol. The summed E-state index contributed by atoms with van der Waals surface area (Å²) in [6, 6.07) is 1.02. The van der Waals surface area contributed by atoms with Gasteiger partial charge in [0.05, 0.1) is 6.61 Å². The zero-order valence-electron chi connectivity index (χ0n) is 12.7. The van der Waals surface area contributed by atoms with Crippen LogP contribution in [0.2, 0.25) is 0 Å². The Morgan fingerprint density at radius 1 is 1.18 bits per heavy atom. The standard InChI is InChI=1S/C14H32N2O/c1-11(2)9-16(12(3)4)13(5)8-14(6,10-17)15-7/h11-13,15,17H,8-10H2,1-7H3. The van der Waals surface area contributed by atoms with E-state index in [4.69, 9.17) is 0 Å². The van der Waals surface area contributed by atoms with E-state index < -0.39 is 0 Å². The second-order valence-electron chi connectivity index (χ2n) is 6.21. The highest BCUT2D eigenvalue weighted by Crippen LogP contribution is 2.18. The average molecular weight is 244 g/mol. The van der Waals surface area contributed by atoms with Crippen molar-refractivity contribution in [3.05, 3.63) is 0 Å². The molecule has 0 aliphatic rings. The summed E-state index contributed by atoms with van der Waals surface area (Å²) in [5.74, 6) is 0.676. The van der Waals surface area contributed by atoms with Crippen LogP contribution in [-0.4, -0.2) is 47.8 Å². The van der Waals surface area contributed by atoms with Crippen LogP contribution < -0.4 is 5.32 Å². The summed E-state index contributed by atoms with van der Waals surface area (Å²) in [6.45, 7) is 14.6. The molecule has 3 heteroatoms. The monoisotopic (exact) mass is 244 g/mol. The van der Waals surface area contributed by atoms with Gasteiger partial charge in [0.25, 0.3) is 0 Å². The van der Waals surface area contributed by atoms with E-state index in [1.54, 1.807) is 0 Å². The molecule has 3 nitrogen and oxygen atoms in total. The van der Waals surface area contributed by atoms with Crippen LogP contribution in [0.25, 0.3) is 0 Å². The molecule has 0 aromatic rings. The first-order valence-electron chi connectivity index (χ1n) is 6.81. The molecular formula is C14H32N2O. The normalized spacial score (nSPS) is 17.8. The molecule has 2 atom stereocenters. The largest absolute Gasteiger partial charge is 0.394 e. The number of nitrogens with zero attached hydrogens (tertiary/aromatic N) is 1. The van der Waals surface area contributed by atoms with E-state index in [9.17, 15) is 5.11 Å². The van der Waals surface area contributed by atoms with Gasteiger partial charge in [0.2, 0.25) is 0 Å². The van der Waals surface area contributed by atoms with E-state index in [2.05, 4.69) is 51.8 Å². The summed E-state index contributed by atoms with van der Waals surface area (Å²) in [6.07, 6.45) is 0.963. The van der Waals surface area contributed by atoms with Crippen molar-refractivity contribution >= 4 is 0 Å². The number of aliphatic hydroxyl groups is 1. The molecule has 0 radical (unpaired) electrons. The minimum atomic E-state index is -0.177. The van der Waals surface area contributed by atoms with Gasteiger partial charge in [-0.2, -0.15) is 0 Å². The average Bonchev–Trinajstić information content (AvgIpc) is 2.24. The lowest BCUT2D eigenvalue weighted by molar-refractivity contribution is 0.0916. The lowest BCUT2D eigenvalue weighted by Crippen LogP contribution is -2.51. The van der Waals surface area contributed by atoms with Crippen LogP contribution in [0, 0.1) is 5.92 Å². The second kappa shape index (κ2) is 7.34. The van der Waals surface area contributed by atoms with Crippen molar-refractivity contribution in [2.24, 2.45) is 5.92 Å². The molecule has 2 unspecified atom stereocenters. The van der Waals surface area contributed by atoms with Crippen molar-refractivity contribution in [3.8, 4) is 0 Å². The molecule has 0 bridgehead atoms. The van der Waals surface area contributed by atoms with Crippen LogP contribution in [0.4, 0.5) is 0 Å². The number of hydrogen-bond acceptors (Lipinski definition) is 3. The van der Waals surface area contributed by atoms with Crippen molar-refractivity contribution in [2.45, 2.75) is 65.6 Å². The minimum absolute atomic E-state index is 0.177. The van der Waals surface area contributed by atoms with Gasteiger partial charge in [0, 0.05) is 24.2 Å². The molecule has 0 saturated heterocycles. The number of hydrogen-bond donors (Lipinski definition) is 2. The molecule has 0 saturated carbocycles. The van der Waals surface area contributed by atoms with Crippen molar-refractivity contribution in [3.63, 3.8) is 0 Å². The maximum absolute atomic E-state index is 9.46. The van der Waals surface area contributed by atoms with Gasteiger partial charge in [-0.3, -0.25) is 4.90 Å². The van der Waals surface area contributed by atoms with Crippen molar-refractivity contribution in [2.75, 3.05) is 20.2 Å². The third-order valence-electron chi connectivity index (χ3n) is 3.50.